The summed E-state index contributed by atoms with van der Waals surface area (Å²) in [7, 11) is 1.76. The normalized spacial score (nSPS) is 22.6. The van der Waals surface area contributed by atoms with E-state index in [2.05, 4.69) is 33.9 Å². The zero-order valence-electron chi connectivity index (χ0n) is 14.3. The van der Waals surface area contributed by atoms with Gasteiger partial charge in [0.05, 0.1) is 5.56 Å². The molecule has 1 fully saturated rings. The molecule has 0 unspecified atom stereocenters. The molecule has 0 bridgehead atoms. The van der Waals surface area contributed by atoms with Gasteiger partial charge in [-0.1, -0.05) is 13.8 Å². The summed E-state index contributed by atoms with van der Waals surface area (Å²) in [5.41, 5.74) is 0.910. The molecule has 0 radical (unpaired) electrons. The Morgan fingerprint density at radius 3 is 2.91 bits per heavy atom. The van der Waals surface area contributed by atoms with Gasteiger partial charge >= 0.3 is 0 Å². The number of H-pyrrole nitrogens is 1. The number of carbonyl (C=O) groups excluding carboxylic acids is 1. The molecule has 2 atom stereocenters. The van der Waals surface area contributed by atoms with E-state index in [4.69, 9.17) is 0 Å². The van der Waals surface area contributed by atoms with Crippen molar-refractivity contribution >= 4 is 24.3 Å². The lowest BCUT2D eigenvalue weighted by Gasteiger charge is -2.26. The van der Waals surface area contributed by atoms with E-state index in [1.807, 2.05) is 24.1 Å². The second kappa shape index (κ2) is 7.94. The number of hydrogen-bond donors (Lipinski definition) is 2. The second-order valence-corrected chi connectivity index (χ2v) is 6.15. The Labute approximate surface area is 138 Å². The molecule has 2 rings (SSSR count). The third-order valence-corrected chi connectivity index (χ3v) is 4.34. The van der Waals surface area contributed by atoms with Crippen LogP contribution in [0.2, 0.25) is 0 Å². The minimum absolute atomic E-state index is 0.196. The fraction of sp³-hybridized carbons (Fsp3) is 0.588. The minimum Gasteiger partial charge on any atom is -0.365 e. The van der Waals surface area contributed by atoms with Crippen LogP contribution in [0.25, 0.3) is 0 Å². The first kappa shape index (κ1) is 17.2. The number of carbonyl (C=O) groups is 1. The van der Waals surface area contributed by atoms with Crippen molar-refractivity contribution in [2.24, 2.45) is 15.9 Å². The largest absolute Gasteiger partial charge is 0.365 e. The summed E-state index contributed by atoms with van der Waals surface area (Å²) in [4.78, 5) is 25.5. The van der Waals surface area contributed by atoms with Crippen LogP contribution in [-0.4, -0.2) is 54.5 Å². The Balaban J connectivity index is 2.13. The number of amidine groups is 1. The molecular weight excluding hydrogens is 290 g/mol. The predicted molar refractivity (Wildman–Crippen MR) is 94.7 cm³/mol. The van der Waals surface area contributed by atoms with Crippen molar-refractivity contribution in [3.63, 3.8) is 0 Å². The number of amides is 1. The Kier molecular flexibility index (Phi) is 5.96. The predicted octanol–water partition coefficient (Wildman–Crippen LogP) is 2.35. The number of rotatable bonds is 4. The van der Waals surface area contributed by atoms with E-state index >= 15 is 0 Å². The van der Waals surface area contributed by atoms with Gasteiger partial charge in [0.2, 0.25) is 5.91 Å². The molecule has 1 aliphatic heterocycles. The summed E-state index contributed by atoms with van der Waals surface area (Å²) in [6.45, 7) is 9.27. The average molecular weight is 317 g/mol. The van der Waals surface area contributed by atoms with Gasteiger partial charge in [-0.2, -0.15) is 0 Å². The molecule has 1 saturated heterocycles. The van der Waals surface area contributed by atoms with Crippen molar-refractivity contribution in [2.75, 3.05) is 20.1 Å². The van der Waals surface area contributed by atoms with Gasteiger partial charge in [0.25, 0.3) is 0 Å². The molecule has 6 heteroatoms. The first-order chi connectivity index (χ1) is 11.1. The molecule has 1 amide bonds. The fourth-order valence-electron chi connectivity index (χ4n) is 3.07. The Morgan fingerprint density at radius 1 is 1.48 bits per heavy atom. The highest BCUT2D eigenvalue weighted by molar-refractivity contribution is 6.02. The lowest BCUT2D eigenvalue weighted by molar-refractivity contribution is -0.131. The SMILES string of the molecule is C=Nc1[nH]ccc1/C(=N\C)N[C@@H]1CC[C@@H](C)CN(C(=O)CC)C1. The first-order valence-corrected chi connectivity index (χ1v) is 8.24. The van der Waals surface area contributed by atoms with Gasteiger partial charge in [-0.05, 0) is 31.5 Å². The molecule has 1 aromatic rings. The van der Waals surface area contributed by atoms with Gasteiger partial charge in [-0.3, -0.25) is 9.79 Å². The zero-order valence-corrected chi connectivity index (χ0v) is 14.3. The number of aromatic amines is 1. The van der Waals surface area contributed by atoms with Crippen molar-refractivity contribution in [3.8, 4) is 0 Å². The minimum atomic E-state index is 0.196. The highest BCUT2D eigenvalue weighted by Crippen LogP contribution is 2.20. The van der Waals surface area contributed by atoms with Crippen molar-refractivity contribution in [2.45, 2.75) is 39.2 Å². The Bertz CT molecular complexity index is 577. The van der Waals surface area contributed by atoms with Crippen LogP contribution in [0.15, 0.2) is 22.2 Å². The van der Waals surface area contributed by atoms with Crippen molar-refractivity contribution in [1.29, 1.82) is 0 Å². The van der Waals surface area contributed by atoms with Crippen LogP contribution in [0.4, 0.5) is 5.82 Å². The monoisotopic (exact) mass is 317 g/mol. The Morgan fingerprint density at radius 2 is 2.26 bits per heavy atom. The number of likely N-dealkylation sites (tertiary alicyclic amines) is 1. The quantitative estimate of drug-likeness (QED) is 0.661. The van der Waals surface area contributed by atoms with Crippen molar-refractivity contribution in [3.05, 3.63) is 17.8 Å². The molecule has 126 valence electrons. The van der Waals surface area contributed by atoms with Gasteiger partial charge in [0, 0.05) is 38.8 Å². The van der Waals surface area contributed by atoms with E-state index in [-0.39, 0.29) is 11.9 Å². The summed E-state index contributed by atoms with van der Waals surface area (Å²) >= 11 is 0. The van der Waals surface area contributed by atoms with E-state index in [0.717, 1.165) is 37.3 Å². The lowest BCUT2D eigenvalue weighted by Crippen LogP contribution is -2.45. The molecule has 6 nitrogen and oxygen atoms in total. The van der Waals surface area contributed by atoms with E-state index in [9.17, 15) is 4.79 Å². The summed E-state index contributed by atoms with van der Waals surface area (Å²) in [5.74, 6) is 2.24. The number of nitrogens with zero attached hydrogens (tertiary/aromatic N) is 3. The summed E-state index contributed by atoms with van der Waals surface area (Å²) in [6.07, 6.45) is 4.50. The molecule has 2 heterocycles. The lowest BCUT2D eigenvalue weighted by atomic mass is 10.0. The second-order valence-electron chi connectivity index (χ2n) is 6.15. The third-order valence-electron chi connectivity index (χ3n) is 4.34. The molecule has 0 aliphatic carbocycles. The van der Waals surface area contributed by atoms with Crippen LogP contribution in [0.5, 0.6) is 0 Å². The standard InChI is InChI=1S/C17H27N5O/c1-5-15(23)22-10-12(2)6-7-13(11-22)21-17(19-4)14-8-9-20-16(14)18-3/h8-9,12-13,20H,3,5-7,10-11H2,1-2,4H3,(H,19,21)/t12-,13-/m1/s1. The maximum atomic E-state index is 12.1. The van der Waals surface area contributed by atoms with Gasteiger partial charge in [-0.15, -0.1) is 0 Å². The van der Waals surface area contributed by atoms with Crippen LogP contribution >= 0.6 is 0 Å². The number of hydrogen-bond acceptors (Lipinski definition) is 3. The van der Waals surface area contributed by atoms with Gasteiger partial charge in [0.15, 0.2) is 0 Å². The molecule has 1 aliphatic rings. The number of nitrogens with one attached hydrogen (secondary N) is 2. The fourth-order valence-corrected chi connectivity index (χ4v) is 3.07. The van der Waals surface area contributed by atoms with E-state index in [0.29, 0.717) is 18.2 Å². The van der Waals surface area contributed by atoms with Gasteiger partial charge in [0.1, 0.15) is 11.7 Å². The molecule has 0 saturated carbocycles. The van der Waals surface area contributed by atoms with E-state index in [1.165, 1.54) is 0 Å². The highest BCUT2D eigenvalue weighted by atomic mass is 16.2. The van der Waals surface area contributed by atoms with Crippen LogP contribution in [0.1, 0.15) is 38.7 Å². The summed E-state index contributed by atoms with van der Waals surface area (Å²) in [5, 5.41) is 3.50. The van der Waals surface area contributed by atoms with Crippen LogP contribution in [-0.2, 0) is 4.79 Å². The molecular formula is C17H27N5O. The zero-order chi connectivity index (χ0) is 16.8. The first-order valence-electron chi connectivity index (χ1n) is 8.24. The smallest absolute Gasteiger partial charge is 0.222 e. The van der Waals surface area contributed by atoms with Crippen LogP contribution < -0.4 is 5.32 Å². The molecule has 0 spiro atoms. The summed E-state index contributed by atoms with van der Waals surface area (Å²) in [6, 6.07) is 2.13. The Hall–Kier alpha value is -2.11. The number of aromatic nitrogens is 1. The topological polar surface area (TPSA) is 72.8 Å². The van der Waals surface area contributed by atoms with E-state index < -0.39 is 0 Å². The van der Waals surface area contributed by atoms with Crippen molar-refractivity contribution < 1.29 is 4.79 Å². The van der Waals surface area contributed by atoms with Crippen LogP contribution in [0, 0.1) is 5.92 Å². The maximum Gasteiger partial charge on any atom is 0.222 e. The van der Waals surface area contributed by atoms with Crippen LogP contribution in [0.3, 0.4) is 0 Å². The average Bonchev–Trinajstić information content (AvgIpc) is 2.95. The molecule has 2 N–H and O–H groups in total. The van der Waals surface area contributed by atoms with Crippen molar-refractivity contribution in [1.82, 2.24) is 15.2 Å². The molecule has 0 aromatic carbocycles. The maximum absolute atomic E-state index is 12.1. The molecule has 1 aromatic heterocycles. The molecule has 23 heavy (non-hydrogen) atoms. The van der Waals surface area contributed by atoms with E-state index in [1.54, 1.807) is 7.05 Å². The highest BCUT2D eigenvalue weighted by Gasteiger charge is 2.25. The van der Waals surface area contributed by atoms with Gasteiger partial charge in [-0.25, -0.2) is 4.99 Å². The third kappa shape index (κ3) is 4.21. The number of aliphatic imine (C=N–C) groups is 2. The summed E-state index contributed by atoms with van der Waals surface area (Å²) < 4.78 is 0. The van der Waals surface area contributed by atoms with Gasteiger partial charge < -0.3 is 15.2 Å².